The first-order valence-electron chi connectivity index (χ1n) is 11.5. The van der Waals surface area contributed by atoms with Gasteiger partial charge < -0.3 is 24.8 Å². The molecule has 34 heavy (non-hydrogen) atoms. The van der Waals surface area contributed by atoms with Gasteiger partial charge in [-0.15, -0.1) is 0 Å². The van der Waals surface area contributed by atoms with Gasteiger partial charge in [-0.25, -0.2) is 9.59 Å². The van der Waals surface area contributed by atoms with Crippen LogP contribution in [-0.2, 0) is 16.1 Å². The maximum absolute atomic E-state index is 9.55. The van der Waals surface area contributed by atoms with E-state index in [0.29, 0.717) is 18.2 Å². The third-order valence-electron chi connectivity index (χ3n) is 6.10. The van der Waals surface area contributed by atoms with E-state index >= 15 is 0 Å². The molecule has 0 aliphatic heterocycles. The van der Waals surface area contributed by atoms with Crippen molar-refractivity contribution >= 4 is 22.8 Å². The smallest absolute Gasteiger partial charge is 0.328 e. The Bertz CT molecular complexity index is 1130. The molecule has 7 nitrogen and oxygen atoms in total. The largest absolute Gasteiger partial charge is 0.497 e. The summed E-state index contributed by atoms with van der Waals surface area (Å²) >= 11 is 0. The van der Waals surface area contributed by atoms with E-state index in [0.717, 1.165) is 12.3 Å². The molecule has 1 aliphatic rings. The van der Waals surface area contributed by atoms with Crippen molar-refractivity contribution in [2.75, 3.05) is 7.11 Å². The summed E-state index contributed by atoms with van der Waals surface area (Å²) in [7, 11) is 1.74. The number of carboxylic acids is 2. The second kappa shape index (κ2) is 12.0. The summed E-state index contributed by atoms with van der Waals surface area (Å²) in [6.07, 6.45) is 7.83. The quantitative estimate of drug-likeness (QED) is 0.422. The molecule has 0 bridgehead atoms. The van der Waals surface area contributed by atoms with Crippen LogP contribution in [0.15, 0.2) is 60.7 Å². The Morgan fingerprint density at radius 3 is 2.26 bits per heavy atom. The number of nitrogens with zero attached hydrogens (tertiary/aromatic N) is 1. The SMILES string of the molecule is COc1ccc2c(c1)c(CNC1CCCCC1)c(C)n2-c1ccccc1.O=C(O)/C=C/C(=O)O. The first-order chi connectivity index (χ1) is 16.4. The van der Waals surface area contributed by atoms with Gasteiger partial charge >= 0.3 is 11.9 Å². The Kier molecular flexibility index (Phi) is 8.87. The Balaban J connectivity index is 0.000000350. The number of methoxy groups -OCH3 is 1. The zero-order valence-electron chi connectivity index (χ0n) is 19.7. The molecule has 1 heterocycles. The molecular formula is C27H32N2O5. The van der Waals surface area contributed by atoms with Gasteiger partial charge in [0.25, 0.3) is 0 Å². The molecule has 1 aliphatic carbocycles. The summed E-state index contributed by atoms with van der Waals surface area (Å²) in [5.41, 5.74) is 5.15. The van der Waals surface area contributed by atoms with Crippen LogP contribution in [0.2, 0.25) is 0 Å². The van der Waals surface area contributed by atoms with E-state index in [2.05, 4.69) is 65.3 Å². The van der Waals surface area contributed by atoms with Gasteiger partial charge in [0.1, 0.15) is 5.75 Å². The lowest BCUT2D eigenvalue weighted by molar-refractivity contribution is -0.134. The Morgan fingerprint density at radius 2 is 1.68 bits per heavy atom. The number of aliphatic carboxylic acids is 2. The summed E-state index contributed by atoms with van der Waals surface area (Å²) in [6.45, 7) is 3.15. The lowest BCUT2D eigenvalue weighted by atomic mass is 9.95. The van der Waals surface area contributed by atoms with Gasteiger partial charge in [-0.1, -0.05) is 37.5 Å². The van der Waals surface area contributed by atoms with E-state index in [9.17, 15) is 9.59 Å². The van der Waals surface area contributed by atoms with Crippen molar-refractivity contribution in [1.82, 2.24) is 9.88 Å². The molecule has 4 rings (SSSR count). The number of nitrogens with one attached hydrogen (secondary N) is 1. The van der Waals surface area contributed by atoms with Gasteiger partial charge in [-0.2, -0.15) is 0 Å². The van der Waals surface area contributed by atoms with Gasteiger partial charge in [0.05, 0.1) is 12.6 Å². The fourth-order valence-corrected chi connectivity index (χ4v) is 4.42. The van der Waals surface area contributed by atoms with Crippen LogP contribution in [0.4, 0.5) is 0 Å². The number of rotatable bonds is 7. The van der Waals surface area contributed by atoms with E-state index < -0.39 is 11.9 Å². The average Bonchev–Trinajstić information content (AvgIpc) is 3.13. The average molecular weight is 465 g/mol. The third kappa shape index (κ3) is 6.48. The van der Waals surface area contributed by atoms with Gasteiger partial charge in [0, 0.05) is 41.5 Å². The monoisotopic (exact) mass is 464 g/mol. The third-order valence-corrected chi connectivity index (χ3v) is 6.10. The van der Waals surface area contributed by atoms with E-state index in [4.69, 9.17) is 14.9 Å². The topological polar surface area (TPSA) is 101 Å². The minimum absolute atomic E-state index is 0.558. The number of carboxylic acid groups (broad SMARTS) is 2. The summed E-state index contributed by atoms with van der Waals surface area (Å²) in [4.78, 5) is 19.1. The van der Waals surface area contributed by atoms with Crippen LogP contribution in [0.3, 0.4) is 0 Å². The highest BCUT2D eigenvalue weighted by Gasteiger charge is 2.18. The molecule has 3 N–H and O–H groups in total. The predicted octanol–water partition coefficient (Wildman–Crippen LogP) is 5.08. The maximum Gasteiger partial charge on any atom is 0.328 e. The van der Waals surface area contributed by atoms with Gasteiger partial charge in [0.15, 0.2) is 0 Å². The number of fused-ring (bicyclic) bond motifs is 1. The van der Waals surface area contributed by atoms with Crippen molar-refractivity contribution in [1.29, 1.82) is 0 Å². The fraction of sp³-hybridized carbons (Fsp3) is 0.333. The Morgan fingerprint density at radius 1 is 1.03 bits per heavy atom. The number of aromatic nitrogens is 1. The normalized spacial score (nSPS) is 14.1. The maximum atomic E-state index is 9.55. The molecule has 0 atom stereocenters. The van der Waals surface area contributed by atoms with Crippen molar-refractivity contribution in [3.05, 3.63) is 71.9 Å². The minimum atomic E-state index is -1.26. The second-order valence-electron chi connectivity index (χ2n) is 8.34. The summed E-state index contributed by atoms with van der Waals surface area (Å²) in [5.74, 6) is -1.60. The van der Waals surface area contributed by atoms with E-state index in [1.165, 1.54) is 60.0 Å². The molecule has 3 aromatic rings. The Labute approximate surface area is 199 Å². The van der Waals surface area contributed by atoms with E-state index in [1.54, 1.807) is 7.11 Å². The number of ether oxygens (including phenoxy) is 1. The van der Waals surface area contributed by atoms with Crippen LogP contribution in [0.1, 0.15) is 43.4 Å². The highest BCUT2D eigenvalue weighted by molar-refractivity contribution is 5.90. The first-order valence-corrected chi connectivity index (χ1v) is 11.5. The Hall–Kier alpha value is -3.58. The molecular weight excluding hydrogens is 432 g/mol. The van der Waals surface area contributed by atoms with Crippen molar-refractivity contribution < 1.29 is 24.5 Å². The molecule has 1 saturated carbocycles. The van der Waals surface area contributed by atoms with E-state index in [1.807, 2.05) is 0 Å². The predicted molar refractivity (Wildman–Crippen MR) is 133 cm³/mol. The van der Waals surface area contributed by atoms with Crippen molar-refractivity contribution in [2.24, 2.45) is 0 Å². The lowest BCUT2D eigenvalue weighted by Gasteiger charge is -2.23. The van der Waals surface area contributed by atoms with Crippen LogP contribution in [0.25, 0.3) is 16.6 Å². The first kappa shape index (κ1) is 25.1. The van der Waals surface area contributed by atoms with Crippen molar-refractivity contribution in [3.63, 3.8) is 0 Å². The molecule has 0 spiro atoms. The fourth-order valence-electron chi connectivity index (χ4n) is 4.42. The standard InChI is InChI=1S/C23H28N2O.C4H4O4/c1-17-22(16-24-18-9-5-3-6-10-18)21-15-20(26-2)13-14-23(21)25(17)19-11-7-4-8-12-19;5-3(6)1-2-4(7)8/h4,7-8,11-15,18,24H,3,5-6,9-10,16H2,1-2H3;1-2H,(H,5,6)(H,7,8)/b;2-1+. The number of hydrogen-bond acceptors (Lipinski definition) is 4. The molecule has 180 valence electrons. The van der Waals surface area contributed by atoms with Crippen molar-refractivity contribution in [3.8, 4) is 11.4 Å². The second-order valence-corrected chi connectivity index (χ2v) is 8.34. The van der Waals surface area contributed by atoms with Crippen LogP contribution < -0.4 is 10.1 Å². The zero-order chi connectivity index (χ0) is 24.5. The van der Waals surface area contributed by atoms with Crippen molar-refractivity contribution in [2.45, 2.75) is 51.6 Å². The molecule has 0 saturated heterocycles. The number of hydrogen-bond donors (Lipinski definition) is 3. The molecule has 0 amide bonds. The molecule has 2 aromatic carbocycles. The summed E-state index contributed by atoms with van der Waals surface area (Å²) < 4.78 is 7.86. The number of benzene rings is 2. The zero-order valence-corrected chi connectivity index (χ0v) is 19.7. The highest BCUT2D eigenvalue weighted by atomic mass is 16.5. The molecule has 0 unspecified atom stereocenters. The van der Waals surface area contributed by atoms with Gasteiger partial charge in [-0.3, -0.25) is 0 Å². The van der Waals surface area contributed by atoms with Crippen LogP contribution >= 0.6 is 0 Å². The summed E-state index contributed by atoms with van der Waals surface area (Å²) in [5, 5.41) is 20.7. The van der Waals surface area contributed by atoms with Gasteiger partial charge in [-0.05, 0) is 55.7 Å². The molecule has 1 fully saturated rings. The molecule has 1 aromatic heterocycles. The van der Waals surface area contributed by atoms with Gasteiger partial charge in [0.2, 0.25) is 0 Å². The summed E-state index contributed by atoms with van der Waals surface area (Å²) in [6, 6.07) is 17.7. The number of carbonyl (C=O) groups is 2. The number of para-hydroxylation sites is 1. The van der Waals surface area contributed by atoms with Crippen LogP contribution in [0.5, 0.6) is 5.75 Å². The van der Waals surface area contributed by atoms with E-state index in [-0.39, 0.29) is 0 Å². The van der Waals surface area contributed by atoms with Crippen LogP contribution in [-0.4, -0.2) is 39.9 Å². The lowest BCUT2D eigenvalue weighted by Crippen LogP contribution is -2.30. The molecule has 0 radical (unpaired) electrons. The molecule has 7 heteroatoms. The van der Waals surface area contributed by atoms with Crippen LogP contribution in [0, 0.1) is 6.92 Å². The highest BCUT2D eigenvalue weighted by Crippen LogP contribution is 2.32. The minimum Gasteiger partial charge on any atom is -0.497 e.